The van der Waals surface area contributed by atoms with E-state index in [1.165, 1.54) is 0 Å². The summed E-state index contributed by atoms with van der Waals surface area (Å²) in [6, 6.07) is 7.69. The Morgan fingerprint density at radius 1 is 1.16 bits per heavy atom. The van der Waals surface area contributed by atoms with E-state index in [0.717, 1.165) is 61.3 Å². The Kier molecular flexibility index (Phi) is 6.85. The number of aromatic nitrogens is 3. The van der Waals surface area contributed by atoms with Gasteiger partial charge in [-0.3, -0.25) is 14.8 Å². The van der Waals surface area contributed by atoms with E-state index in [9.17, 15) is 4.79 Å². The van der Waals surface area contributed by atoms with Gasteiger partial charge in [-0.05, 0) is 50.6 Å². The molecule has 1 fully saturated rings. The molecule has 0 amide bonds. The van der Waals surface area contributed by atoms with Crippen LogP contribution >= 0.6 is 11.6 Å². The molecule has 164 valence electrons. The van der Waals surface area contributed by atoms with Gasteiger partial charge in [-0.25, -0.2) is 0 Å². The number of methoxy groups -OCH3 is 1. The third-order valence-corrected chi connectivity index (χ3v) is 6.34. The minimum absolute atomic E-state index is 0.00975. The fraction of sp³-hybridized carbons (Fsp3) is 0.435. The van der Waals surface area contributed by atoms with E-state index in [-0.39, 0.29) is 5.56 Å². The summed E-state index contributed by atoms with van der Waals surface area (Å²) in [6.45, 7) is 6.17. The van der Waals surface area contributed by atoms with Crippen molar-refractivity contribution in [1.29, 1.82) is 0 Å². The van der Waals surface area contributed by atoms with Crippen LogP contribution in [0.2, 0.25) is 5.02 Å². The Balaban J connectivity index is 1.31. The standard InChI is InChI=1S/C23H28ClN5O2/c1-16-20(24)11-17(13-25-16)14-26-18-5-7-28(8-6-18)9-10-29-22-12-19(31-2)15-27-21(22)3-4-23(29)30/h3-4,11-13,15,18,26H,5-10,14H2,1-2H3. The molecule has 8 heteroatoms. The highest BCUT2D eigenvalue weighted by molar-refractivity contribution is 6.31. The minimum Gasteiger partial charge on any atom is -0.495 e. The second kappa shape index (κ2) is 9.77. The third kappa shape index (κ3) is 5.23. The maximum atomic E-state index is 12.5. The monoisotopic (exact) mass is 441 g/mol. The molecule has 0 spiro atoms. The quantitative estimate of drug-likeness (QED) is 0.607. The number of nitrogens with zero attached hydrogens (tertiary/aromatic N) is 4. The van der Waals surface area contributed by atoms with Gasteiger partial charge < -0.3 is 19.5 Å². The second-order valence-electron chi connectivity index (χ2n) is 8.01. The zero-order chi connectivity index (χ0) is 21.8. The lowest BCUT2D eigenvalue weighted by molar-refractivity contribution is 0.191. The summed E-state index contributed by atoms with van der Waals surface area (Å²) in [7, 11) is 1.61. The molecule has 4 rings (SSSR count). The summed E-state index contributed by atoms with van der Waals surface area (Å²) in [5.74, 6) is 0.656. The van der Waals surface area contributed by atoms with Crippen molar-refractivity contribution < 1.29 is 4.74 Å². The highest BCUT2D eigenvalue weighted by atomic mass is 35.5. The van der Waals surface area contributed by atoms with Crippen LogP contribution < -0.4 is 15.6 Å². The molecular weight excluding hydrogens is 414 g/mol. The summed E-state index contributed by atoms with van der Waals surface area (Å²) < 4.78 is 7.08. The largest absolute Gasteiger partial charge is 0.495 e. The fourth-order valence-electron chi connectivity index (χ4n) is 4.00. The highest BCUT2D eigenvalue weighted by Gasteiger charge is 2.19. The van der Waals surface area contributed by atoms with Crippen LogP contribution in [0.5, 0.6) is 5.75 Å². The van der Waals surface area contributed by atoms with E-state index in [1.807, 2.05) is 25.3 Å². The van der Waals surface area contributed by atoms with Crippen molar-refractivity contribution in [2.75, 3.05) is 26.7 Å². The van der Waals surface area contributed by atoms with Crippen molar-refractivity contribution in [3.8, 4) is 5.75 Å². The number of ether oxygens (including phenoxy) is 1. The molecule has 0 aromatic carbocycles. The van der Waals surface area contributed by atoms with Gasteiger partial charge in [-0.15, -0.1) is 0 Å². The van der Waals surface area contributed by atoms with Gasteiger partial charge in [-0.1, -0.05) is 11.6 Å². The number of rotatable bonds is 7. The Labute approximate surface area is 187 Å². The molecule has 31 heavy (non-hydrogen) atoms. The number of piperidine rings is 1. The normalized spacial score (nSPS) is 15.5. The van der Waals surface area contributed by atoms with E-state index in [4.69, 9.17) is 16.3 Å². The average Bonchev–Trinajstić information content (AvgIpc) is 2.79. The molecule has 1 aliphatic rings. The molecule has 0 aliphatic carbocycles. The van der Waals surface area contributed by atoms with Crippen LogP contribution in [0.1, 0.15) is 24.1 Å². The first kappa shape index (κ1) is 21.7. The fourth-order valence-corrected chi connectivity index (χ4v) is 4.19. The molecule has 0 bridgehead atoms. The Morgan fingerprint density at radius 2 is 1.97 bits per heavy atom. The molecular formula is C23H28ClN5O2. The van der Waals surface area contributed by atoms with E-state index in [1.54, 1.807) is 30.0 Å². The van der Waals surface area contributed by atoms with Gasteiger partial charge >= 0.3 is 0 Å². The van der Waals surface area contributed by atoms with Crippen molar-refractivity contribution in [2.24, 2.45) is 0 Å². The van der Waals surface area contributed by atoms with Crippen LogP contribution in [0.3, 0.4) is 0 Å². The van der Waals surface area contributed by atoms with Crippen LogP contribution in [-0.4, -0.2) is 52.2 Å². The van der Waals surface area contributed by atoms with Crippen LogP contribution in [0.25, 0.3) is 11.0 Å². The summed E-state index contributed by atoms with van der Waals surface area (Å²) in [5, 5.41) is 4.34. The number of fused-ring (bicyclic) bond motifs is 1. The molecule has 0 saturated carbocycles. The van der Waals surface area contributed by atoms with Crippen LogP contribution in [-0.2, 0) is 13.1 Å². The Bertz CT molecular complexity index is 1110. The second-order valence-corrected chi connectivity index (χ2v) is 8.42. The number of aryl methyl sites for hydroxylation is 1. The zero-order valence-corrected chi connectivity index (χ0v) is 18.7. The minimum atomic E-state index is -0.00975. The van der Waals surface area contributed by atoms with Crippen LogP contribution in [0.15, 0.2) is 41.5 Å². The zero-order valence-electron chi connectivity index (χ0n) is 18.0. The maximum absolute atomic E-state index is 12.5. The summed E-state index contributed by atoms with van der Waals surface area (Å²) in [5.41, 5.74) is 3.57. The third-order valence-electron chi connectivity index (χ3n) is 5.95. The van der Waals surface area contributed by atoms with E-state index in [2.05, 4.69) is 20.2 Å². The number of hydrogen-bond donors (Lipinski definition) is 1. The number of likely N-dealkylation sites (tertiary alicyclic amines) is 1. The number of nitrogens with one attached hydrogen (secondary N) is 1. The number of halogens is 1. The molecule has 4 heterocycles. The Morgan fingerprint density at radius 3 is 2.71 bits per heavy atom. The van der Waals surface area contributed by atoms with Gasteiger partial charge in [0.25, 0.3) is 5.56 Å². The number of pyridine rings is 3. The maximum Gasteiger partial charge on any atom is 0.251 e. The molecule has 1 N–H and O–H groups in total. The van der Waals surface area contributed by atoms with Gasteiger partial charge in [-0.2, -0.15) is 0 Å². The summed E-state index contributed by atoms with van der Waals surface area (Å²) >= 11 is 6.17. The van der Waals surface area contributed by atoms with Crippen LogP contribution in [0.4, 0.5) is 0 Å². The van der Waals surface area contributed by atoms with Crippen molar-refractivity contribution in [3.05, 3.63) is 63.3 Å². The number of hydrogen-bond acceptors (Lipinski definition) is 6. The lowest BCUT2D eigenvalue weighted by Gasteiger charge is -2.32. The average molecular weight is 442 g/mol. The predicted molar refractivity (Wildman–Crippen MR) is 123 cm³/mol. The van der Waals surface area contributed by atoms with E-state index >= 15 is 0 Å². The summed E-state index contributed by atoms with van der Waals surface area (Å²) in [4.78, 5) is 23.6. The van der Waals surface area contributed by atoms with Gasteiger partial charge in [0.2, 0.25) is 0 Å². The van der Waals surface area contributed by atoms with E-state index < -0.39 is 0 Å². The molecule has 0 radical (unpaired) electrons. The molecule has 7 nitrogen and oxygen atoms in total. The molecule has 3 aromatic heterocycles. The van der Waals surface area contributed by atoms with Gasteiger partial charge in [0.15, 0.2) is 0 Å². The van der Waals surface area contributed by atoms with Crippen molar-refractivity contribution >= 4 is 22.6 Å². The smallest absolute Gasteiger partial charge is 0.251 e. The predicted octanol–water partition coefficient (Wildman–Crippen LogP) is 3.02. The first-order chi connectivity index (χ1) is 15.0. The van der Waals surface area contributed by atoms with Crippen molar-refractivity contribution in [2.45, 2.75) is 38.9 Å². The highest BCUT2D eigenvalue weighted by Crippen LogP contribution is 2.18. The summed E-state index contributed by atoms with van der Waals surface area (Å²) in [6.07, 6.45) is 5.71. The molecule has 3 aromatic rings. The molecule has 1 aliphatic heterocycles. The van der Waals surface area contributed by atoms with Gasteiger partial charge in [0.05, 0.1) is 35.1 Å². The van der Waals surface area contributed by atoms with E-state index in [0.29, 0.717) is 23.4 Å². The Hall–Kier alpha value is -2.48. The van der Waals surface area contributed by atoms with Crippen molar-refractivity contribution in [3.63, 3.8) is 0 Å². The SMILES string of the molecule is COc1cnc2ccc(=O)n(CCN3CCC(NCc4cnc(C)c(Cl)c4)CC3)c2c1. The lowest BCUT2D eigenvalue weighted by Crippen LogP contribution is -2.43. The molecule has 0 atom stereocenters. The molecule has 0 unspecified atom stereocenters. The van der Waals surface area contributed by atoms with Crippen LogP contribution in [0, 0.1) is 6.92 Å². The topological polar surface area (TPSA) is 72.3 Å². The van der Waals surface area contributed by atoms with Crippen molar-refractivity contribution in [1.82, 2.24) is 24.8 Å². The lowest BCUT2D eigenvalue weighted by atomic mass is 10.0. The molecule has 1 saturated heterocycles. The first-order valence-corrected chi connectivity index (χ1v) is 11.0. The van der Waals surface area contributed by atoms with Gasteiger partial charge in [0.1, 0.15) is 5.75 Å². The van der Waals surface area contributed by atoms with Gasteiger partial charge in [0, 0.05) is 44.0 Å². The first-order valence-electron chi connectivity index (χ1n) is 10.6.